The highest BCUT2D eigenvalue weighted by molar-refractivity contribution is 9.09. The van der Waals surface area contributed by atoms with E-state index in [0.29, 0.717) is 4.83 Å². The molecule has 0 bridgehead atoms. The van der Waals surface area contributed by atoms with E-state index in [1.807, 2.05) is 0 Å². The Kier molecular flexibility index (Phi) is 5.80. The maximum Gasteiger partial charge on any atom is 0.0117 e. The Labute approximate surface area is 61.9 Å². The Hall–Kier alpha value is 0.960. The smallest absolute Gasteiger partial charge is 0.0117 e. The lowest BCUT2D eigenvalue weighted by molar-refractivity contribution is 0.807. The first kappa shape index (κ1) is 7.96. The van der Waals surface area contributed by atoms with Gasteiger partial charge in [-0.1, -0.05) is 38.8 Å². The molecule has 0 aliphatic rings. The van der Waals surface area contributed by atoms with Gasteiger partial charge in [0, 0.05) is 10.2 Å². The molecular formula is C5H10Br2. The van der Waals surface area contributed by atoms with Crippen LogP contribution in [0.2, 0.25) is 0 Å². The van der Waals surface area contributed by atoms with E-state index in [9.17, 15) is 0 Å². The highest BCUT2D eigenvalue weighted by Gasteiger charge is 1.91. The van der Waals surface area contributed by atoms with Crippen LogP contribution in [0.3, 0.4) is 0 Å². The Morgan fingerprint density at radius 3 is 2.29 bits per heavy atom. The highest BCUT2D eigenvalue weighted by Crippen LogP contribution is 2.06. The van der Waals surface area contributed by atoms with Crippen LogP contribution >= 0.6 is 31.9 Å². The van der Waals surface area contributed by atoms with Gasteiger partial charge in [-0.15, -0.1) is 0 Å². The Morgan fingerprint density at radius 1 is 1.57 bits per heavy atom. The third-order valence-corrected chi connectivity index (χ3v) is 1.75. The molecule has 2 heteroatoms. The topological polar surface area (TPSA) is 0 Å². The first-order chi connectivity index (χ1) is 3.27. The molecule has 7 heavy (non-hydrogen) atoms. The van der Waals surface area contributed by atoms with Gasteiger partial charge in [0.05, 0.1) is 0 Å². The minimum absolute atomic E-state index is 0.685. The number of hydrogen-bond donors (Lipinski definition) is 0. The van der Waals surface area contributed by atoms with Gasteiger partial charge in [-0.2, -0.15) is 0 Å². The molecule has 0 heterocycles. The molecule has 0 rings (SSSR count). The summed E-state index contributed by atoms with van der Waals surface area (Å²) in [6, 6.07) is 0. The van der Waals surface area contributed by atoms with Crippen molar-refractivity contribution in [2.45, 2.75) is 24.6 Å². The molecule has 0 aromatic rings. The Bertz CT molecular complexity index is 35.1. The van der Waals surface area contributed by atoms with Crippen LogP contribution in [0.25, 0.3) is 0 Å². The van der Waals surface area contributed by atoms with Crippen LogP contribution in [-0.4, -0.2) is 10.2 Å². The lowest BCUT2D eigenvalue weighted by Crippen LogP contribution is -1.88. The molecule has 0 nitrogen and oxygen atoms in total. The summed E-state index contributed by atoms with van der Waals surface area (Å²) in [4.78, 5) is 0.685. The Morgan fingerprint density at radius 2 is 2.14 bits per heavy atom. The SMILES string of the molecule is C[C@H](Br)CCCBr. The van der Waals surface area contributed by atoms with E-state index in [0.717, 1.165) is 5.33 Å². The van der Waals surface area contributed by atoms with Crippen molar-refractivity contribution in [2.24, 2.45) is 0 Å². The molecule has 44 valence electrons. The fourth-order valence-electron chi connectivity index (χ4n) is 0.358. The quantitative estimate of drug-likeness (QED) is 0.653. The molecule has 0 spiro atoms. The zero-order chi connectivity index (χ0) is 5.70. The zero-order valence-corrected chi connectivity index (χ0v) is 7.63. The van der Waals surface area contributed by atoms with Gasteiger partial charge in [-0.3, -0.25) is 0 Å². The number of hydrogen-bond acceptors (Lipinski definition) is 0. The van der Waals surface area contributed by atoms with Gasteiger partial charge in [-0.05, 0) is 12.8 Å². The molecule has 0 saturated carbocycles. The number of alkyl halides is 2. The summed E-state index contributed by atoms with van der Waals surface area (Å²) in [5, 5.41) is 1.13. The summed E-state index contributed by atoms with van der Waals surface area (Å²) < 4.78 is 0. The van der Waals surface area contributed by atoms with Crippen molar-refractivity contribution < 1.29 is 0 Å². The van der Waals surface area contributed by atoms with Crippen LogP contribution in [0, 0.1) is 0 Å². The van der Waals surface area contributed by atoms with Gasteiger partial charge < -0.3 is 0 Å². The third-order valence-electron chi connectivity index (χ3n) is 0.736. The van der Waals surface area contributed by atoms with Gasteiger partial charge in [-0.25, -0.2) is 0 Å². The van der Waals surface area contributed by atoms with Crippen LogP contribution in [0.5, 0.6) is 0 Å². The largest absolute Gasteiger partial charge is 0.0928 e. The second-order valence-corrected chi connectivity index (χ2v) is 3.97. The first-order valence-electron chi connectivity index (χ1n) is 2.47. The van der Waals surface area contributed by atoms with E-state index in [1.54, 1.807) is 0 Å². The van der Waals surface area contributed by atoms with E-state index >= 15 is 0 Å². The molecule has 0 saturated heterocycles. The van der Waals surface area contributed by atoms with Crippen molar-refractivity contribution in [3.63, 3.8) is 0 Å². The van der Waals surface area contributed by atoms with Crippen molar-refractivity contribution in [1.29, 1.82) is 0 Å². The van der Waals surface area contributed by atoms with Crippen molar-refractivity contribution in [3.05, 3.63) is 0 Å². The maximum absolute atomic E-state index is 3.45. The Balaban J connectivity index is 2.68. The van der Waals surface area contributed by atoms with E-state index < -0.39 is 0 Å². The number of halogens is 2. The summed E-state index contributed by atoms with van der Waals surface area (Å²) >= 11 is 6.81. The first-order valence-corrected chi connectivity index (χ1v) is 4.51. The molecular weight excluding hydrogens is 220 g/mol. The van der Waals surface area contributed by atoms with E-state index in [1.165, 1.54) is 12.8 Å². The van der Waals surface area contributed by atoms with E-state index in [-0.39, 0.29) is 0 Å². The van der Waals surface area contributed by atoms with Crippen molar-refractivity contribution in [2.75, 3.05) is 5.33 Å². The summed E-state index contributed by atoms with van der Waals surface area (Å²) in [6.45, 7) is 2.17. The summed E-state index contributed by atoms with van der Waals surface area (Å²) in [5.74, 6) is 0. The molecule has 0 amide bonds. The van der Waals surface area contributed by atoms with Gasteiger partial charge in [0.2, 0.25) is 0 Å². The molecule has 0 aromatic carbocycles. The normalized spacial score (nSPS) is 14.1. The highest BCUT2D eigenvalue weighted by atomic mass is 79.9. The standard InChI is InChI=1S/C5H10Br2/c1-5(7)3-2-4-6/h5H,2-4H2,1H3/t5-/m0/s1. The van der Waals surface area contributed by atoms with Crippen LogP contribution in [0.15, 0.2) is 0 Å². The lowest BCUT2D eigenvalue weighted by atomic mass is 10.3. The minimum atomic E-state index is 0.685. The predicted octanol–water partition coefficient (Wildman–Crippen LogP) is 2.94. The third kappa shape index (κ3) is 6.96. The second kappa shape index (κ2) is 5.10. The minimum Gasteiger partial charge on any atom is -0.0928 e. The molecule has 0 aliphatic heterocycles. The van der Waals surface area contributed by atoms with E-state index in [4.69, 9.17) is 0 Å². The van der Waals surface area contributed by atoms with Crippen LogP contribution < -0.4 is 0 Å². The molecule has 0 aliphatic carbocycles. The summed E-state index contributed by atoms with van der Waals surface area (Å²) in [7, 11) is 0. The fraction of sp³-hybridized carbons (Fsp3) is 1.00. The molecule has 0 unspecified atom stereocenters. The predicted molar refractivity (Wildman–Crippen MR) is 41.4 cm³/mol. The fourth-order valence-corrected chi connectivity index (χ4v) is 1.01. The van der Waals surface area contributed by atoms with Gasteiger partial charge >= 0.3 is 0 Å². The van der Waals surface area contributed by atoms with Gasteiger partial charge in [0.15, 0.2) is 0 Å². The second-order valence-electron chi connectivity index (χ2n) is 1.61. The van der Waals surface area contributed by atoms with Crippen molar-refractivity contribution in [1.82, 2.24) is 0 Å². The van der Waals surface area contributed by atoms with Gasteiger partial charge in [0.1, 0.15) is 0 Å². The molecule has 0 radical (unpaired) electrons. The maximum atomic E-state index is 3.45. The average molecular weight is 230 g/mol. The average Bonchev–Trinajstić information content (AvgIpc) is 1.61. The van der Waals surface area contributed by atoms with Crippen molar-refractivity contribution >= 4 is 31.9 Å². The lowest BCUT2D eigenvalue weighted by Gasteiger charge is -1.96. The van der Waals surface area contributed by atoms with Gasteiger partial charge in [0.25, 0.3) is 0 Å². The number of rotatable bonds is 3. The molecule has 1 atom stereocenters. The van der Waals surface area contributed by atoms with Crippen LogP contribution in [-0.2, 0) is 0 Å². The van der Waals surface area contributed by atoms with E-state index in [2.05, 4.69) is 38.8 Å². The summed E-state index contributed by atoms with van der Waals surface area (Å²) in [6.07, 6.45) is 2.54. The monoisotopic (exact) mass is 228 g/mol. The molecule has 0 aromatic heterocycles. The zero-order valence-electron chi connectivity index (χ0n) is 4.45. The molecule has 0 N–H and O–H groups in total. The summed E-state index contributed by atoms with van der Waals surface area (Å²) in [5.41, 5.74) is 0. The van der Waals surface area contributed by atoms with Crippen LogP contribution in [0.1, 0.15) is 19.8 Å². The van der Waals surface area contributed by atoms with Crippen LogP contribution in [0.4, 0.5) is 0 Å². The molecule has 0 fully saturated rings. The van der Waals surface area contributed by atoms with Crippen molar-refractivity contribution in [3.8, 4) is 0 Å².